The minimum absolute atomic E-state index is 0.339. The van der Waals surface area contributed by atoms with Crippen molar-refractivity contribution in [1.82, 2.24) is 15.6 Å². The number of nitrogens with zero attached hydrogens (tertiary/aromatic N) is 2. The molecule has 0 unspecified atom stereocenters. The van der Waals surface area contributed by atoms with E-state index < -0.39 is 0 Å². The molecular weight excluding hydrogens is 408 g/mol. The first kappa shape index (κ1) is 20.4. The van der Waals surface area contributed by atoms with E-state index in [0.717, 1.165) is 38.7 Å². The summed E-state index contributed by atoms with van der Waals surface area (Å²) in [6.07, 6.45) is 0. The van der Waals surface area contributed by atoms with Crippen LogP contribution in [0.4, 0.5) is 0 Å². The van der Waals surface area contributed by atoms with Crippen molar-refractivity contribution < 1.29 is 4.79 Å². The number of hydrogen-bond acceptors (Lipinski definition) is 3. The Bertz CT molecular complexity index is 1450. The summed E-state index contributed by atoms with van der Waals surface area (Å²) in [5.74, 6) is -0.339. The van der Waals surface area contributed by atoms with E-state index in [9.17, 15) is 4.79 Å². The molecule has 1 aromatic heterocycles. The lowest BCUT2D eigenvalue weighted by atomic mass is 10.0. The van der Waals surface area contributed by atoms with E-state index in [-0.39, 0.29) is 5.91 Å². The van der Waals surface area contributed by atoms with Gasteiger partial charge in [-0.2, -0.15) is 10.2 Å². The molecule has 0 radical (unpaired) electrons. The van der Waals surface area contributed by atoms with Crippen molar-refractivity contribution >= 4 is 22.4 Å². The molecule has 0 fully saturated rings. The molecule has 0 bridgehead atoms. The minimum Gasteiger partial charge on any atom is -0.272 e. The SMILES string of the molecule is CC(=NNC(=O)c1cc(-c2ccc(-c3ccccc3)cc2)n[nH]1)c1cccc2ccccc12. The van der Waals surface area contributed by atoms with Crippen molar-refractivity contribution in [2.75, 3.05) is 0 Å². The molecule has 5 nitrogen and oxygen atoms in total. The predicted octanol–water partition coefficient (Wildman–Crippen LogP) is 6.05. The summed E-state index contributed by atoms with van der Waals surface area (Å²) >= 11 is 0. The molecule has 0 atom stereocenters. The summed E-state index contributed by atoms with van der Waals surface area (Å²) in [5, 5.41) is 13.7. The van der Waals surface area contributed by atoms with Gasteiger partial charge in [-0.05, 0) is 34.9 Å². The molecule has 0 aliphatic rings. The predicted molar refractivity (Wildman–Crippen MR) is 133 cm³/mol. The van der Waals surface area contributed by atoms with E-state index in [4.69, 9.17) is 0 Å². The van der Waals surface area contributed by atoms with Gasteiger partial charge < -0.3 is 0 Å². The zero-order chi connectivity index (χ0) is 22.6. The number of fused-ring (bicyclic) bond motifs is 1. The Morgan fingerprint density at radius 2 is 1.45 bits per heavy atom. The molecule has 0 aliphatic carbocycles. The fourth-order valence-corrected chi connectivity index (χ4v) is 3.85. The third-order valence-electron chi connectivity index (χ3n) is 5.61. The minimum atomic E-state index is -0.339. The Morgan fingerprint density at radius 3 is 2.27 bits per heavy atom. The normalized spacial score (nSPS) is 11.5. The summed E-state index contributed by atoms with van der Waals surface area (Å²) in [4.78, 5) is 12.6. The van der Waals surface area contributed by atoms with Crippen LogP contribution in [0, 0.1) is 0 Å². The van der Waals surface area contributed by atoms with Crippen LogP contribution in [0.3, 0.4) is 0 Å². The average Bonchev–Trinajstić information content (AvgIpc) is 3.38. The largest absolute Gasteiger partial charge is 0.289 e. The van der Waals surface area contributed by atoms with Crippen LogP contribution in [0.15, 0.2) is 108 Å². The van der Waals surface area contributed by atoms with Gasteiger partial charge in [-0.25, -0.2) is 5.43 Å². The van der Waals surface area contributed by atoms with Crippen LogP contribution in [0.25, 0.3) is 33.2 Å². The number of nitrogens with one attached hydrogen (secondary N) is 2. The topological polar surface area (TPSA) is 70.1 Å². The maximum absolute atomic E-state index is 12.6. The van der Waals surface area contributed by atoms with Crippen molar-refractivity contribution in [3.05, 3.63) is 114 Å². The van der Waals surface area contributed by atoms with Crippen LogP contribution >= 0.6 is 0 Å². The maximum atomic E-state index is 12.6. The van der Waals surface area contributed by atoms with Crippen LogP contribution in [0.5, 0.6) is 0 Å². The second-order valence-electron chi connectivity index (χ2n) is 7.78. The van der Waals surface area contributed by atoms with Crippen molar-refractivity contribution in [1.29, 1.82) is 0 Å². The Balaban J connectivity index is 1.31. The number of amides is 1. The van der Waals surface area contributed by atoms with Gasteiger partial charge in [-0.3, -0.25) is 9.89 Å². The molecule has 5 rings (SSSR count). The monoisotopic (exact) mass is 430 g/mol. The van der Waals surface area contributed by atoms with Gasteiger partial charge in [0.1, 0.15) is 5.69 Å². The first-order valence-electron chi connectivity index (χ1n) is 10.7. The molecule has 33 heavy (non-hydrogen) atoms. The summed E-state index contributed by atoms with van der Waals surface area (Å²) in [6, 6.07) is 34.2. The number of hydrazone groups is 1. The zero-order valence-corrected chi connectivity index (χ0v) is 18.1. The first-order valence-corrected chi connectivity index (χ1v) is 10.7. The highest BCUT2D eigenvalue weighted by Gasteiger charge is 2.12. The highest BCUT2D eigenvalue weighted by atomic mass is 16.2. The summed E-state index contributed by atoms with van der Waals surface area (Å²) < 4.78 is 0. The van der Waals surface area contributed by atoms with Crippen molar-refractivity contribution in [2.45, 2.75) is 6.92 Å². The van der Waals surface area contributed by atoms with E-state index >= 15 is 0 Å². The average molecular weight is 431 g/mol. The quantitative estimate of drug-likeness (QED) is 0.263. The van der Waals surface area contributed by atoms with Gasteiger partial charge in [0.25, 0.3) is 5.91 Å². The molecule has 0 saturated heterocycles. The number of rotatable bonds is 5. The van der Waals surface area contributed by atoms with E-state index in [1.165, 1.54) is 0 Å². The van der Waals surface area contributed by atoms with Crippen LogP contribution in [0.2, 0.25) is 0 Å². The molecule has 0 saturated carbocycles. The van der Waals surface area contributed by atoms with Crippen LogP contribution in [-0.4, -0.2) is 21.8 Å². The van der Waals surface area contributed by atoms with Gasteiger partial charge in [0, 0.05) is 11.1 Å². The van der Waals surface area contributed by atoms with E-state index in [1.807, 2.05) is 61.5 Å². The zero-order valence-electron chi connectivity index (χ0n) is 18.1. The highest BCUT2D eigenvalue weighted by molar-refractivity contribution is 6.10. The number of benzene rings is 4. The third kappa shape index (κ3) is 4.29. The molecule has 1 heterocycles. The summed E-state index contributed by atoms with van der Waals surface area (Å²) in [5.41, 5.74) is 8.63. The fourth-order valence-electron chi connectivity index (χ4n) is 3.85. The Kier molecular flexibility index (Phi) is 5.52. The molecule has 1 amide bonds. The fraction of sp³-hybridized carbons (Fsp3) is 0.0357. The third-order valence-corrected chi connectivity index (χ3v) is 5.61. The number of aromatic nitrogens is 2. The number of H-pyrrole nitrogens is 1. The van der Waals surface area contributed by atoms with E-state index in [1.54, 1.807) is 6.07 Å². The highest BCUT2D eigenvalue weighted by Crippen LogP contribution is 2.24. The maximum Gasteiger partial charge on any atom is 0.289 e. The van der Waals surface area contributed by atoms with E-state index in [2.05, 4.69) is 63.2 Å². The first-order chi connectivity index (χ1) is 16.2. The van der Waals surface area contributed by atoms with Gasteiger partial charge in [-0.1, -0.05) is 97.1 Å². The number of hydrogen-bond donors (Lipinski definition) is 2. The van der Waals surface area contributed by atoms with Crippen LogP contribution < -0.4 is 5.43 Å². The van der Waals surface area contributed by atoms with Crippen molar-refractivity contribution in [3.8, 4) is 22.4 Å². The molecule has 0 aliphatic heterocycles. The number of aromatic amines is 1. The second kappa shape index (κ2) is 8.93. The standard InChI is InChI=1S/C28H22N4O/c1-19(24-13-7-11-22-10-5-6-12-25(22)24)29-32-28(33)27-18-26(30-31-27)23-16-14-21(15-17-23)20-8-3-2-4-9-20/h2-18H,1H3,(H,30,31)(H,32,33). The Labute approximate surface area is 191 Å². The molecule has 4 aromatic carbocycles. The van der Waals surface area contributed by atoms with Gasteiger partial charge in [0.2, 0.25) is 0 Å². The molecular formula is C28H22N4O. The molecule has 5 aromatic rings. The lowest BCUT2D eigenvalue weighted by Crippen LogP contribution is -2.19. The number of carbonyl (C=O) groups is 1. The second-order valence-corrected chi connectivity index (χ2v) is 7.78. The van der Waals surface area contributed by atoms with Crippen molar-refractivity contribution in [3.63, 3.8) is 0 Å². The Morgan fingerprint density at radius 1 is 0.788 bits per heavy atom. The number of carbonyl (C=O) groups excluding carboxylic acids is 1. The van der Waals surface area contributed by atoms with Crippen LogP contribution in [-0.2, 0) is 0 Å². The van der Waals surface area contributed by atoms with Crippen LogP contribution in [0.1, 0.15) is 23.0 Å². The summed E-state index contributed by atoms with van der Waals surface area (Å²) in [6.45, 7) is 1.88. The molecule has 2 N–H and O–H groups in total. The van der Waals surface area contributed by atoms with Gasteiger partial charge >= 0.3 is 0 Å². The lowest BCUT2D eigenvalue weighted by Gasteiger charge is -2.06. The summed E-state index contributed by atoms with van der Waals surface area (Å²) in [7, 11) is 0. The smallest absolute Gasteiger partial charge is 0.272 e. The van der Waals surface area contributed by atoms with Crippen molar-refractivity contribution in [2.24, 2.45) is 5.10 Å². The van der Waals surface area contributed by atoms with E-state index in [0.29, 0.717) is 11.4 Å². The Hall–Kier alpha value is -4.51. The van der Waals surface area contributed by atoms with Gasteiger partial charge in [0.05, 0.1) is 11.4 Å². The van der Waals surface area contributed by atoms with Gasteiger partial charge in [0.15, 0.2) is 0 Å². The lowest BCUT2D eigenvalue weighted by molar-refractivity contribution is 0.0950. The molecule has 160 valence electrons. The molecule has 0 spiro atoms. The van der Waals surface area contributed by atoms with Gasteiger partial charge in [-0.15, -0.1) is 0 Å². The molecule has 5 heteroatoms.